The molecule has 0 bridgehead atoms. The van der Waals surface area contributed by atoms with Crippen LogP contribution in [-0.4, -0.2) is 43.5 Å². The molecule has 0 radical (unpaired) electrons. The van der Waals surface area contributed by atoms with Crippen LogP contribution in [0.4, 0.5) is 11.4 Å². The Morgan fingerprint density at radius 2 is 1.97 bits per heavy atom. The maximum Gasteiger partial charge on any atom is 0.251 e. The summed E-state index contributed by atoms with van der Waals surface area (Å²) in [6.45, 7) is 7.26. The predicted molar refractivity (Wildman–Crippen MR) is 121 cm³/mol. The van der Waals surface area contributed by atoms with Crippen LogP contribution in [0.25, 0.3) is 0 Å². The molecule has 2 aliphatic rings. The maximum absolute atomic E-state index is 12.6. The van der Waals surface area contributed by atoms with Gasteiger partial charge >= 0.3 is 0 Å². The third-order valence-electron chi connectivity index (χ3n) is 5.64. The minimum Gasteiger partial charge on any atom is -0.352 e. The molecule has 1 aliphatic carbocycles. The number of anilines is 2. The number of likely N-dealkylation sites (N-methyl/N-ethyl adjacent to an activating group) is 1. The van der Waals surface area contributed by atoms with Gasteiger partial charge in [-0.1, -0.05) is 30.8 Å². The smallest absolute Gasteiger partial charge is 0.251 e. The monoisotopic (exact) mass is 409 g/mol. The van der Waals surface area contributed by atoms with Crippen molar-refractivity contribution in [3.05, 3.63) is 48.0 Å². The van der Waals surface area contributed by atoms with E-state index in [0.29, 0.717) is 12.6 Å². The van der Waals surface area contributed by atoms with Crippen LogP contribution in [0.15, 0.2) is 52.3 Å². The first-order valence-corrected chi connectivity index (χ1v) is 11.6. The van der Waals surface area contributed by atoms with Crippen molar-refractivity contribution in [2.75, 3.05) is 31.6 Å². The zero-order chi connectivity index (χ0) is 20.4. The highest BCUT2D eigenvalue weighted by atomic mass is 32.2. The fourth-order valence-corrected chi connectivity index (χ4v) is 5.14. The molecule has 1 fully saturated rings. The van der Waals surface area contributed by atoms with Gasteiger partial charge < -0.3 is 15.1 Å². The molecule has 1 aliphatic heterocycles. The average Bonchev–Trinajstić information content (AvgIpc) is 3.53. The van der Waals surface area contributed by atoms with Crippen LogP contribution in [0.1, 0.15) is 43.5 Å². The molecule has 1 N–H and O–H groups in total. The highest BCUT2D eigenvalue weighted by molar-refractivity contribution is 7.99. The Hall–Kier alpha value is -1.98. The summed E-state index contributed by atoms with van der Waals surface area (Å²) in [7, 11) is 2.23. The van der Waals surface area contributed by atoms with Crippen molar-refractivity contribution in [1.82, 2.24) is 10.2 Å². The second kappa shape index (κ2) is 8.80. The van der Waals surface area contributed by atoms with Gasteiger partial charge in [0.2, 0.25) is 0 Å². The molecule has 2 aromatic carbocycles. The standard InChI is InChI=1S/C24H31N3OS/c1-4-13-25-24(28)19-11-12-23-21(14-19)27(20-7-5-6-8-22(20)29-23)17(2)15-26(3)16-18-9-10-18/h5-8,11-12,14,17-18H,4,9-10,13,15-16H2,1-3H3,(H,25,28). The summed E-state index contributed by atoms with van der Waals surface area (Å²) in [4.78, 5) is 20.0. The maximum atomic E-state index is 12.6. The molecule has 1 amide bonds. The quantitative estimate of drug-likeness (QED) is 0.653. The number of hydrogen-bond donors (Lipinski definition) is 1. The van der Waals surface area contributed by atoms with E-state index in [0.717, 1.165) is 30.1 Å². The summed E-state index contributed by atoms with van der Waals surface area (Å²) in [6.07, 6.45) is 3.69. The summed E-state index contributed by atoms with van der Waals surface area (Å²) in [5.41, 5.74) is 3.12. The number of nitrogens with zero attached hydrogens (tertiary/aromatic N) is 2. The van der Waals surface area contributed by atoms with Gasteiger partial charge in [-0.3, -0.25) is 4.79 Å². The Morgan fingerprint density at radius 3 is 2.72 bits per heavy atom. The van der Waals surface area contributed by atoms with E-state index in [-0.39, 0.29) is 5.91 Å². The predicted octanol–water partition coefficient (Wildman–Crippen LogP) is 5.16. The molecule has 1 atom stereocenters. The SMILES string of the molecule is CCCNC(=O)c1ccc2c(c1)N(C(C)CN(C)CC1CC1)c1ccccc1S2. The molecule has 0 saturated heterocycles. The van der Waals surface area contributed by atoms with E-state index >= 15 is 0 Å². The molecule has 5 heteroatoms. The van der Waals surface area contributed by atoms with E-state index in [1.165, 1.54) is 34.9 Å². The Kier molecular flexibility index (Phi) is 6.16. The Morgan fingerprint density at radius 1 is 1.21 bits per heavy atom. The number of rotatable bonds is 8. The van der Waals surface area contributed by atoms with Crippen molar-refractivity contribution in [3.63, 3.8) is 0 Å². The van der Waals surface area contributed by atoms with Crippen LogP contribution in [0.5, 0.6) is 0 Å². The number of hydrogen-bond acceptors (Lipinski definition) is 4. The van der Waals surface area contributed by atoms with Crippen molar-refractivity contribution in [3.8, 4) is 0 Å². The number of fused-ring (bicyclic) bond motifs is 2. The molecule has 0 aromatic heterocycles. The minimum atomic E-state index is 0.0111. The van der Waals surface area contributed by atoms with E-state index < -0.39 is 0 Å². The molecular weight excluding hydrogens is 378 g/mol. The second-order valence-corrected chi connectivity index (χ2v) is 9.48. The molecule has 1 saturated carbocycles. The lowest BCUT2D eigenvalue weighted by Gasteiger charge is -2.39. The summed E-state index contributed by atoms with van der Waals surface area (Å²) in [5, 5.41) is 3.01. The van der Waals surface area contributed by atoms with Gasteiger partial charge in [-0.25, -0.2) is 0 Å². The number of para-hydroxylation sites is 1. The van der Waals surface area contributed by atoms with Crippen molar-refractivity contribution in [2.45, 2.75) is 48.9 Å². The summed E-state index contributed by atoms with van der Waals surface area (Å²) >= 11 is 1.79. The molecule has 4 rings (SSSR count). The summed E-state index contributed by atoms with van der Waals surface area (Å²) < 4.78 is 0. The molecule has 1 heterocycles. The first-order valence-electron chi connectivity index (χ1n) is 10.7. The summed E-state index contributed by atoms with van der Waals surface area (Å²) in [6, 6.07) is 15.0. The van der Waals surface area contributed by atoms with Gasteiger partial charge in [0.05, 0.1) is 11.4 Å². The molecule has 0 spiro atoms. The highest BCUT2D eigenvalue weighted by Crippen LogP contribution is 2.49. The number of carbonyl (C=O) groups is 1. The third kappa shape index (κ3) is 4.62. The summed E-state index contributed by atoms with van der Waals surface area (Å²) in [5.74, 6) is 0.898. The van der Waals surface area contributed by atoms with Gasteiger partial charge in [0, 0.05) is 41.0 Å². The Labute approximate surface area is 178 Å². The first-order chi connectivity index (χ1) is 14.1. The van der Waals surface area contributed by atoms with E-state index in [9.17, 15) is 4.79 Å². The normalized spacial score (nSPS) is 16.3. The van der Waals surface area contributed by atoms with Gasteiger partial charge in [0.15, 0.2) is 0 Å². The lowest BCUT2D eigenvalue weighted by atomic mass is 10.1. The van der Waals surface area contributed by atoms with Gasteiger partial charge in [0.1, 0.15) is 0 Å². The third-order valence-corrected chi connectivity index (χ3v) is 6.77. The topological polar surface area (TPSA) is 35.6 Å². The van der Waals surface area contributed by atoms with Crippen LogP contribution in [-0.2, 0) is 0 Å². The van der Waals surface area contributed by atoms with E-state index in [1.807, 2.05) is 6.07 Å². The number of carbonyl (C=O) groups excluding carboxylic acids is 1. The van der Waals surface area contributed by atoms with Crippen molar-refractivity contribution < 1.29 is 4.79 Å². The van der Waals surface area contributed by atoms with Crippen LogP contribution in [0.2, 0.25) is 0 Å². The molecule has 2 aromatic rings. The van der Waals surface area contributed by atoms with Crippen LogP contribution in [0.3, 0.4) is 0 Å². The molecule has 29 heavy (non-hydrogen) atoms. The lowest BCUT2D eigenvalue weighted by molar-refractivity contribution is 0.0953. The zero-order valence-electron chi connectivity index (χ0n) is 17.6. The van der Waals surface area contributed by atoms with E-state index in [1.54, 1.807) is 11.8 Å². The Balaban J connectivity index is 1.64. The first kappa shape index (κ1) is 20.3. The van der Waals surface area contributed by atoms with Crippen molar-refractivity contribution >= 4 is 29.0 Å². The number of amides is 1. The fraction of sp³-hybridized carbons (Fsp3) is 0.458. The van der Waals surface area contributed by atoms with Gasteiger partial charge in [-0.15, -0.1) is 0 Å². The van der Waals surface area contributed by atoms with Crippen molar-refractivity contribution in [2.24, 2.45) is 5.92 Å². The number of benzene rings is 2. The van der Waals surface area contributed by atoms with Gasteiger partial charge in [-0.2, -0.15) is 0 Å². The largest absolute Gasteiger partial charge is 0.352 e. The second-order valence-electron chi connectivity index (χ2n) is 8.39. The van der Waals surface area contributed by atoms with Crippen molar-refractivity contribution in [1.29, 1.82) is 0 Å². The van der Waals surface area contributed by atoms with Gasteiger partial charge in [0.25, 0.3) is 5.91 Å². The zero-order valence-corrected chi connectivity index (χ0v) is 18.5. The molecule has 154 valence electrons. The number of nitrogens with one attached hydrogen (secondary N) is 1. The van der Waals surface area contributed by atoms with E-state index in [4.69, 9.17) is 0 Å². The Bertz CT molecular complexity index is 880. The lowest BCUT2D eigenvalue weighted by Crippen LogP contribution is -2.40. The molecule has 4 nitrogen and oxygen atoms in total. The fourth-order valence-electron chi connectivity index (χ4n) is 4.09. The van der Waals surface area contributed by atoms with Crippen LogP contribution in [0, 0.1) is 5.92 Å². The minimum absolute atomic E-state index is 0.0111. The molecular formula is C24H31N3OS. The highest BCUT2D eigenvalue weighted by Gasteiger charge is 2.29. The molecule has 1 unspecified atom stereocenters. The van der Waals surface area contributed by atoms with Crippen LogP contribution < -0.4 is 10.2 Å². The van der Waals surface area contributed by atoms with Gasteiger partial charge in [-0.05, 0) is 69.5 Å². The van der Waals surface area contributed by atoms with Crippen LogP contribution >= 0.6 is 11.8 Å². The average molecular weight is 410 g/mol. The van der Waals surface area contributed by atoms with E-state index in [2.05, 4.69) is 72.4 Å².